The van der Waals surface area contributed by atoms with Gasteiger partial charge in [0.2, 0.25) is 11.8 Å². The van der Waals surface area contributed by atoms with Crippen LogP contribution in [0.4, 0.5) is 11.4 Å². The van der Waals surface area contributed by atoms with Gasteiger partial charge in [-0.05, 0) is 18.6 Å². The summed E-state index contributed by atoms with van der Waals surface area (Å²) < 4.78 is 10.4. The van der Waals surface area contributed by atoms with E-state index in [4.69, 9.17) is 9.47 Å². The second-order valence-corrected chi connectivity index (χ2v) is 6.27. The predicted octanol–water partition coefficient (Wildman–Crippen LogP) is 1.74. The van der Waals surface area contributed by atoms with Crippen LogP contribution < -0.4 is 10.2 Å². The molecule has 0 aromatic heterocycles. The molecule has 7 nitrogen and oxygen atoms in total. The lowest BCUT2D eigenvalue weighted by molar-refractivity contribution is -0.129. The van der Waals surface area contributed by atoms with E-state index in [0.29, 0.717) is 32.9 Å². The third-order valence-electron chi connectivity index (χ3n) is 4.36. The summed E-state index contributed by atoms with van der Waals surface area (Å²) in [5.74, 6) is -0.119. The zero-order valence-corrected chi connectivity index (χ0v) is 15.7. The maximum Gasteiger partial charge on any atom is 0.226 e. The molecule has 0 radical (unpaired) electrons. The molecule has 1 N–H and O–H groups in total. The minimum absolute atomic E-state index is 0.0254. The number of ether oxygens (including phenoxy) is 2. The normalized spacial score (nSPS) is 14.2. The fourth-order valence-corrected chi connectivity index (χ4v) is 2.94. The van der Waals surface area contributed by atoms with Gasteiger partial charge in [-0.3, -0.25) is 9.59 Å². The van der Waals surface area contributed by atoms with Gasteiger partial charge in [0.25, 0.3) is 0 Å². The molecule has 7 heteroatoms. The Balaban J connectivity index is 1.89. The van der Waals surface area contributed by atoms with Gasteiger partial charge in [0.15, 0.2) is 0 Å². The Morgan fingerprint density at radius 3 is 2.65 bits per heavy atom. The summed E-state index contributed by atoms with van der Waals surface area (Å²) in [6.07, 6.45) is 1.03. The number of carbonyl (C=O) groups is 2. The standard InChI is InChI=1S/C19H29N3O4/c1-16(23)21(9-5-13-25-2)10-8-19(24)20-17-6-3-4-7-18(17)22-11-14-26-15-12-22/h3-4,6-7H,5,8-15H2,1-2H3,(H,20,24). The number of hydrogen-bond donors (Lipinski definition) is 1. The third-order valence-corrected chi connectivity index (χ3v) is 4.36. The Morgan fingerprint density at radius 1 is 1.23 bits per heavy atom. The van der Waals surface area contributed by atoms with Gasteiger partial charge in [-0.25, -0.2) is 0 Å². The van der Waals surface area contributed by atoms with Gasteiger partial charge in [-0.15, -0.1) is 0 Å². The van der Waals surface area contributed by atoms with E-state index in [1.54, 1.807) is 12.0 Å². The van der Waals surface area contributed by atoms with Crippen LogP contribution in [0.5, 0.6) is 0 Å². The summed E-state index contributed by atoms with van der Waals surface area (Å²) in [5.41, 5.74) is 1.81. The molecule has 0 unspecified atom stereocenters. The van der Waals surface area contributed by atoms with Crippen LogP contribution in [-0.4, -0.2) is 69.8 Å². The number of rotatable bonds is 9. The van der Waals surface area contributed by atoms with Crippen molar-refractivity contribution in [2.45, 2.75) is 19.8 Å². The molecular formula is C19H29N3O4. The van der Waals surface area contributed by atoms with Gasteiger partial charge in [0.05, 0.1) is 24.6 Å². The monoisotopic (exact) mass is 363 g/mol. The van der Waals surface area contributed by atoms with Crippen molar-refractivity contribution in [3.05, 3.63) is 24.3 Å². The van der Waals surface area contributed by atoms with Crippen molar-refractivity contribution in [1.29, 1.82) is 0 Å². The number of carbonyl (C=O) groups excluding carboxylic acids is 2. The van der Waals surface area contributed by atoms with Crippen LogP contribution in [0.1, 0.15) is 19.8 Å². The molecule has 0 aliphatic carbocycles. The molecule has 1 aromatic rings. The van der Waals surface area contributed by atoms with Crippen LogP contribution in [0, 0.1) is 0 Å². The van der Waals surface area contributed by atoms with E-state index in [1.807, 2.05) is 24.3 Å². The molecule has 144 valence electrons. The predicted molar refractivity (Wildman–Crippen MR) is 101 cm³/mol. The van der Waals surface area contributed by atoms with Crippen LogP contribution in [0.15, 0.2) is 24.3 Å². The summed E-state index contributed by atoms with van der Waals surface area (Å²) >= 11 is 0. The number of hydrogen-bond acceptors (Lipinski definition) is 5. The second kappa shape index (κ2) is 10.8. The van der Waals surface area contributed by atoms with Crippen molar-refractivity contribution in [2.75, 3.05) is 63.3 Å². The molecule has 26 heavy (non-hydrogen) atoms. The lowest BCUT2D eigenvalue weighted by atomic mass is 10.2. The zero-order valence-electron chi connectivity index (χ0n) is 15.7. The molecule has 0 spiro atoms. The van der Waals surface area contributed by atoms with E-state index in [0.717, 1.165) is 30.9 Å². The van der Waals surface area contributed by atoms with E-state index in [2.05, 4.69) is 10.2 Å². The second-order valence-electron chi connectivity index (χ2n) is 6.27. The van der Waals surface area contributed by atoms with Crippen LogP contribution in [-0.2, 0) is 19.1 Å². The fraction of sp³-hybridized carbons (Fsp3) is 0.579. The molecule has 2 rings (SSSR count). The van der Waals surface area contributed by atoms with Gasteiger partial charge in [0.1, 0.15) is 0 Å². The molecule has 0 saturated carbocycles. The number of amides is 2. The molecule has 0 atom stereocenters. The first-order valence-corrected chi connectivity index (χ1v) is 9.08. The van der Waals surface area contributed by atoms with E-state index in [1.165, 1.54) is 6.92 Å². The van der Waals surface area contributed by atoms with Crippen LogP contribution >= 0.6 is 0 Å². The van der Waals surface area contributed by atoms with E-state index < -0.39 is 0 Å². The zero-order chi connectivity index (χ0) is 18.8. The maximum atomic E-state index is 12.4. The number of methoxy groups -OCH3 is 1. The van der Waals surface area contributed by atoms with Crippen molar-refractivity contribution in [3.8, 4) is 0 Å². The first-order valence-electron chi connectivity index (χ1n) is 9.08. The minimum atomic E-state index is -0.0938. The van der Waals surface area contributed by atoms with Crippen LogP contribution in [0.25, 0.3) is 0 Å². The lowest BCUT2D eigenvalue weighted by Gasteiger charge is -2.30. The fourth-order valence-electron chi connectivity index (χ4n) is 2.94. The number of morpholine rings is 1. The summed E-state index contributed by atoms with van der Waals surface area (Å²) in [6.45, 7) is 6.14. The Kier molecular flexibility index (Phi) is 8.37. The summed E-state index contributed by atoms with van der Waals surface area (Å²) in [6, 6.07) is 7.79. The highest BCUT2D eigenvalue weighted by Crippen LogP contribution is 2.26. The maximum absolute atomic E-state index is 12.4. The summed E-state index contributed by atoms with van der Waals surface area (Å²) in [4.78, 5) is 28.0. The third kappa shape index (κ3) is 6.31. The highest BCUT2D eigenvalue weighted by molar-refractivity contribution is 5.94. The Labute approximate surface area is 155 Å². The van der Waals surface area contributed by atoms with Crippen molar-refractivity contribution in [2.24, 2.45) is 0 Å². The SMILES string of the molecule is COCCCN(CCC(=O)Nc1ccccc1N1CCOCC1)C(C)=O. The Bertz CT molecular complexity index is 588. The lowest BCUT2D eigenvalue weighted by Crippen LogP contribution is -2.37. The van der Waals surface area contributed by atoms with Crippen LogP contribution in [0.3, 0.4) is 0 Å². The molecule has 2 amide bonds. The smallest absolute Gasteiger partial charge is 0.226 e. The topological polar surface area (TPSA) is 71.1 Å². The molecule has 1 aromatic carbocycles. The minimum Gasteiger partial charge on any atom is -0.385 e. The number of nitrogens with zero attached hydrogens (tertiary/aromatic N) is 2. The first kappa shape index (κ1) is 20.2. The number of nitrogens with one attached hydrogen (secondary N) is 1. The Hall–Kier alpha value is -2.12. The largest absolute Gasteiger partial charge is 0.385 e. The van der Waals surface area contributed by atoms with Gasteiger partial charge in [0, 0.05) is 53.2 Å². The van der Waals surface area contributed by atoms with E-state index in [-0.39, 0.29) is 18.2 Å². The van der Waals surface area contributed by atoms with E-state index >= 15 is 0 Å². The Morgan fingerprint density at radius 2 is 1.96 bits per heavy atom. The van der Waals surface area contributed by atoms with Crippen molar-refractivity contribution in [1.82, 2.24) is 4.90 Å². The highest BCUT2D eigenvalue weighted by atomic mass is 16.5. The molecule has 0 bridgehead atoms. The molecule has 1 heterocycles. The number of anilines is 2. The van der Waals surface area contributed by atoms with Gasteiger partial charge < -0.3 is 24.6 Å². The molecule has 1 fully saturated rings. The van der Waals surface area contributed by atoms with Crippen LogP contribution in [0.2, 0.25) is 0 Å². The van der Waals surface area contributed by atoms with Crippen molar-refractivity contribution < 1.29 is 19.1 Å². The highest BCUT2D eigenvalue weighted by Gasteiger charge is 2.16. The average Bonchev–Trinajstić information content (AvgIpc) is 2.65. The molecule has 1 aliphatic rings. The number of benzene rings is 1. The number of para-hydroxylation sites is 2. The average molecular weight is 363 g/mol. The summed E-state index contributed by atoms with van der Waals surface area (Å²) in [7, 11) is 1.64. The first-order chi connectivity index (χ1) is 12.6. The van der Waals surface area contributed by atoms with Gasteiger partial charge in [-0.2, -0.15) is 0 Å². The molecule has 1 aliphatic heterocycles. The molecular weight excluding hydrogens is 334 g/mol. The van der Waals surface area contributed by atoms with Gasteiger partial charge >= 0.3 is 0 Å². The summed E-state index contributed by atoms with van der Waals surface area (Å²) in [5, 5.41) is 2.99. The van der Waals surface area contributed by atoms with Crippen molar-refractivity contribution >= 4 is 23.2 Å². The van der Waals surface area contributed by atoms with Gasteiger partial charge in [-0.1, -0.05) is 12.1 Å². The van der Waals surface area contributed by atoms with E-state index in [9.17, 15) is 9.59 Å². The molecule has 1 saturated heterocycles. The van der Waals surface area contributed by atoms with Crippen molar-refractivity contribution in [3.63, 3.8) is 0 Å². The quantitative estimate of drug-likeness (QED) is 0.677.